The Kier molecular flexibility index (Phi) is 5.11. The summed E-state index contributed by atoms with van der Waals surface area (Å²) in [4.78, 5) is 42.5. The van der Waals surface area contributed by atoms with E-state index >= 15 is 0 Å². The third kappa shape index (κ3) is 3.98. The molecule has 0 saturated carbocycles. The summed E-state index contributed by atoms with van der Waals surface area (Å²) in [7, 11) is 0. The van der Waals surface area contributed by atoms with Crippen molar-refractivity contribution in [2.24, 2.45) is 0 Å². The van der Waals surface area contributed by atoms with Gasteiger partial charge in [-0.3, -0.25) is 19.3 Å². The normalized spacial score (nSPS) is 20.4. The van der Waals surface area contributed by atoms with Gasteiger partial charge in [0.25, 0.3) is 5.91 Å². The van der Waals surface area contributed by atoms with Crippen molar-refractivity contribution >= 4 is 23.4 Å². The van der Waals surface area contributed by atoms with E-state index in [4.69, 9.17) is 0 Å². The first-order valence-corrected chi connectivity index (χ1v) is 9.82. The van der Waals surface area contributed by atoms with Crippen molar-refractivity contribution in [3.05, 3.63) is 29.3 Å². The zero-order valence-electron chi connectivity index (χ0n) is 15.6. The smallest absolute Gasteiger partial charge is 0.253 e. The Morgan fingerprint density at radius 2 is 1.67 bits per heavy atom. The summed E-state index contributed by atoms with van der Waals surface area (Å²) >= 11 is 0. The number of aryl methyl sites for hydroxylation is 1. The van der Waals surface area contributed by atoms with Crippen LogP contribution in [0.15, 0.2) is 18.2 Å². The van der Waals surface area contributed by atoms with Crippen LogP contribution in [0.5, 0.6) is 0 Å². The third-order valence-electron chi connectivity index (χ3n) is 5.72. The number of nitrogens with zero attached hydrogens (tertiary/aromatic N) is 3. The lowest BCUT2D eigenvalue weighted by Crippen LogP contribution is -2.51. The van der Waals surface area contributed by atoms with Crippen LogP contribution in [0.1, 0.15) is 35.2 Å². The molecule has 144 valence electrons. The summed E-state index contributed by atoms with van der Waals surface area (Å²) in [6, 6.07) is 5.51. The highest BCUT2D eigenvalue weighted by atomic mass is 16.2. The van der Waals surface area contributed by atoms with Gasteiger partial charge in [0.05, 0.1) is 6.54 Å². The van der Waals surface area contributed by atoms with Crippen LogP contribution in [0.3, 0.4) is 0 Å². The molecule has 3 aliphatic rings. The van der Waals surface area contributed by atoms with Crippen LogP contribution in [0.2, 0.25) is 0 Å². The largest absolute Gasteiger partial charge is 0.342 e. The van der Waals surface area contributed by atoms with Crippen LogP contribution in [0, 0.1) is 0 Å². The van der Waals surface area contributed by atoms with Crippen molar-refractivity contribution in [1.82, 2.24) is 14.7 Å². The third-order valence-corrected chi connectivity index (χ3v) is 5.72. The zero-order chi connectivity index (χ0) is 18.8. The predicted octanol–water partition coefficient (Wildman–Crippen LogP) is 0.951. The van der Waals surface area contributed by atoms with Gasteiger partial charge in [-0.05, 0) is 43.0 Å². The first-order chi connectivity index (χ1) is 13.1. The number of anilines is 1. The minimum absolute atomic E-state index is 0.0280. The van der Waals surface area contributed by atoms with Gasteiger partial charge in [-0.15, -0.1) is 0 Å². The molecule has 1 N–H and O–H groups in total. The van der Waals surface area contributed by atoms with Crippen LogP contribution in [-0.2, 0) is 16.0 Å². The highest BCUT2D eigenvalue weighted by molar-refractivity contribution is 5.98. The van der Waals surface area contributed by atoms with Crippen LogP contribution in [0.25, 0.3) is 0 Å². The summed E-state index contributed by atoms with van der Waals surface area (Å²) < 4.78 is 0. The summed E-state index contributed by atoms with van der Waals surface area (Å²) in [6.45, 7) is 4.96. The average Bonchev–Trinajstić information content (AvgIpc) is 3.22. The quantitative estimate of drug-likeness (QED) is 0.860. The van der Waals surface area contributed by atoms with Gasteiger partial charge < -0.3 is 15.1 Å². The fourth-order valence-electron chi connectivity index (χ4n) is 4.07. The Balaban J connectivity index is 1.32. The lowest BCUT2D eigenvalue weighted by atomic mass is 10.00. The van der Waals surface area contributed by atoms with E-state index in [-0.39, 0.29) is 17.7 Å². The Bertz CT molecular complexity index is 750. The number of benzene rings is 1. The zero-order valence-corrected chi connectivity index (χ0v) is 15.6. The fraction of sp³-hybridized carbons (Fsp3) is 0.550. The number of nitrogens with one attached hydrogen (secondary N) is 1. The molecule has 3 heterocycles. The predicted molar refractivity (Wildman–Crippen MR) is 102 cm³/mol. The molecule has 0 aromatic heterocycles. The summed E-state index contributed by atoms with van der Waals surface area (Å²) in [5.74, 6) is 0.269. The topological polar surface area (TPSA) is 73.0 Å². The van der Waals surface area contributed by atoms with Crippen molar-refractivity contribution in [2.75, 3.05) is 51.1 Å². The average molecular weight is 370 g/mol. The molecule has 7 heteroatoms. The Morgan fingerprint density at radius 1 is 0.926 bits per heavy atom. The molecule has 1 aromatic rings. The van der Waals surface area contributed by atoms with E-state index in [0.29, 0.717) is 38.0 Å². The number of carbonyl (C=O) groups is 3. The Morgan fingerprint density at radius 3 is 2.41 bits per heavy atom. The maximum Gasteiger partial charge on any atom is 0.253 e. The number of amides is 3. The molecule has 3 amide bonds. The first-order valence-electron chi connectivity index (χ1n) is 9.82. The van der Waals surface area contributed by atoms with E-state index in [1.807, 2.05) is 21.9 Å². The van der Waals surface area contributed by atoms with Crippen LogP contribution < -0.4 is 5.32 Å². The lowest BCUT2D eigenvalue weighted by Gasteiger charge is -2.35. The SMILES string of the molecule is O=C1CCc2cc(C(=O)N3CCN(CC(=O)N4CCCC4)CC3)ccc2N1. The molecule has 0 spiro atoms. The lowest BCUT2D eigenvalue weighted by molar-refractivity contribution is -0.131. The van der Waals surface area contributed by atoms with Gasteiger partial charge in [-0.25, -0.2) is 0 Å². The van der Waals surface area contributed by atoms with Gasteiger partial charge in [0.15, 0.2) is 0 Å². The molecule has 0 radical (unpaired) electrons. The minimum atomic E-state index is 0.0280. The number of likely N-dealkylation sites (tertiary alicyclic amines) is 1. The fourth-order valence-corrected chi connectivity index (χ4v) is 4.07. The van der Waals surface area contributed by atoms with Crippen LogP contribution in [0.4, 0.5) is 5.69 Å². The van der Waals surface area contributed by atoms with E-state index in [0.717, 1.165) is 50.3 Å². The van der Waals surface area contributed by atoms with Crippen molar-refractivity contribution in [3.63, 3.8) is 0 Å². The molecule has 0 atom stereocenters. The summed E-state index contributed by atoms with van der Waals surface area (Å²) in [6.07, 6.45) is 3.36. The molecule has 0 aliphatic carbocycles. The molecule has 0 unspecified atom stereocenters. The van der Waals surface area contributed by atoms with Crippen molar-refractivity contribution in [1.29, 1.82) is 0 Å². The van der Waals surface area contributed by atoms with Crippen LogP contribution in [-0.4, -0.2) is 78.2 Å². The van der Waals surface area contributed by atoms with Crippen LogP contribution >= 0.6 is 0 Å². The number of fused-ring (bicyclic) bond motifs is 1. The Hall–Kier alpha value is -2.41. The molecule has 1 aromatic carbocycles. The Labute approximate surface area is 159 Å². The molecular formula is C20H26N4O3. The highest BCUT2D eigenvalue weighted by Crippen LogP contribution is 2.24. The van der Waals surface area contributed by atoms with Gasteiger partial charge in [0, 0.05) is 56.9 Å². The molecule has 2 saturated heterocycles. The molecule has 3 aliphatic heterocycles. The summed E-state index contributed by atoms with van der Waals surface area (Å²) in [5.41, 5.74) is 2.51. The van der Waals surface area contributed by atoms with Crippen molar-refractivity contribution in [3.8, 4) is 0 Å². The molecule has 27 heavy (non-hydrogen) atoms. The van der Waals surface area contributed by atoms with E-state index in [2.05, 4.69) is 10.2 Å². The maximum absolute atomic E-state index is 12.8. The summed E-state index contributed by atoms with van der Waals surface area (Å²) in [5, 5.41) is 2.85. The molecule has 0 bridgehead atoms. The molecular weight excluding hydrogens is 344 g/mol. The second-order valence-corrected chi connectivity index (χ2v) is 7.58. The standard InChI is InChI=1S/C20H26N4O3/c25-18-6-4-15-13-16(3-5-17(15)21-18)20(27)24-11-9-22(10-12-24)14-19(26)23-7-1-2-8-23/h3,5,13H,1-2,4,6-12,14H2,(H,21,25). The number of hydrogen-bond acceptors (Lipinski definition) is 4. The highest BCUT2D eigenvalue weighted by Gasteiger charge is 2.26. The second-order valence-electron chi connectivity index (χ2n) is 7.58. The maximum atomic E-state index is 12.8. The van der Waals surface area contributed by atoms with E-state index in [1.54, 1.807) is 6.07 Å². The number of carbonyl (C=O) groups excluding carboxylic acids is 3. The first kappa shape index (κ1) is 18.0. The van der Waals surface area contributed by atoms with E-state index < -0.39 is 0 Å². The van der Waals surface area contributed by atoms with Gasteiger partial charge in [-0.2, -0.15) is 0 Å². The van der Waals surface area contributed by atoms with Gasteiger partial charge in [0.2, 0.25) is 11.8 Å². The number of hydrogen-bond donors (Lipinski definition) is 1. The van der Waals surface area contributed by atoms with Crippen molar-refractivity contribution in [2.45, 2.75) is 25.7 Å². The van der Waals surface area contributed by atoms with Gasteiger partial charge in [0.1, 0.15) is 0 Å². The monoisotopic (exact) mass is 370 g/mol. The number of piperazine rings is 1. The van der Waals surface area contributed by atoms with Gasteiger partial charge in [-0.1, -0.05) is 0 Å². The van der Waals surface area contributed by atoms with Crippen molar-refractivity contribution < 1.29 is 14.4 Å². The van der Waals surface area contributed by atoms with E-state index in [9.17, 15) is 14.4 Å². The molecule has 7 nitrogen and oxygen atoms in total. The molecule has 4 rings (SSSR count). The van der Waals surface area contributed by atoms with Gasteiger partial charge >= 0.3 is 0 Å². The minimum Gasteiger partial charge on any atom is -0.342 e. The second kappa shape index (κ2) is 7.68. The number of rotatable bonds is 3. The van der Waals surface area contributed by atoms with E-state index in [1.165, 1.54) is 0 Å². The molecule has 2 fully saturated rings.